The summed E-state index contributed by atoms with van der Waals surface area (Å²) in [5.41, 5.74) is 0.712. The number of carbonyl (C=O) groups is 1. The smallest absolute Gasteiger partial charge is 0.252 e. The molecule has 0 saturated heterocycles. The van der Waals surface area contributed by atoms with Crippen molar-refractivity contribution in [1.82, 2.24) is 10.3 Å². The summed E-state index contributed by atoms with van der Waals surface area (Å²) in [6.07, 6.45) is 4.19. The number of aromatic nitrogens is 1. The van der Waals surface area contributed by atoms with Crippen LogP contribution in [0.5, 0.6) is 0 Å². The van der Waals surface area contributed by atoms with Gasteiger partial charge in [-0.05, 0) is 29.9 Å². The molecule has 0 aliphatic heterocycles. The highest BCUT2D eigenvalue weighted by Gasteiger charge is 2.51. The number of hydrogen-bond donors (Lipinski definition) is 1. The quantitative estimate of drug-likeness (QED) is 0.939. The zero-order chi connectivity index (χ0) is 14.2. The number of nitrogens with one attached hydrogen (secondary N) is 1. The first kappa shape index (κ1) is 13.6. The van der Waals surface area contributed by atoms with Gasteiger partial charge in [-0.3, -0.25) is 9.78 Å². The molecular weight excluding hydrogens is 292 g/mol. The minimum absolute atomic E-state index is 0.127. The van der Waals surface area contributed by atoms with E-state index in [1.54, 1.807) is 23.6 Å². The highest BCUT2D eigenvalue weighted by Crippen LogP contribution is 2.54. The number of rotatable bonds is 4. The van der Waals surface area contributed by atoms with E-state index in [9.17, 15) is 4.79 Å². The summed E-state index contributed by atoms with van der Waals surface area (Å²) in [6.45, 7) is 2.95. The number of hydrogen-bond acceptors (Lipinski definition) is 3. The molecule has 1 aliphatic carbocycles. The van der Waals surface area contributed by atoms with Crippen molar-refractivity contribution in [2.45, 2.75) is 18.8 Å². The maximum absolute atomic E-state index is 12.1. The first-order valence-corrected chi connectivity index (χ1v) is 7.79. The minimum atomic E-state index is -0.127. The molecular formula is C15H15ClN2OS. The van der Waals surface area contributed by atoms with Crippen LogP contribution in [-0.2, 0) is 5.41 Å². The lowest BCUT2D eigenvalue weighted by Gasteiger charge is -2.10. The van der Waals surface area contributed by atoms with Gasteiger partial charge in [0.05, 0.1) is 10.6 Å². The highest BCUT2D eigenvalue weighted by atomic mass is 35.5. The molecule has 2 atom stereocenters. The van der Waals surface area contributed by atoms with E-state index >= 15 is 0 Å². The molecule has 20 heavy (non-hydrogen) atoms. The first-order valence-electron chi connectivity index (χ1n) is 6.53. The summed E-state index contributed by atoms with van der Waals surface area (Å²) in [5.74, 6) is 0.378. The van der Waals surface area contributed by atoms with Crippen LogP contribution in [0.15, 0.2) is 36.0 Å². The Morgan fingerprint density at radius 2 is 2.45 bits per heavy atom. The summed E-state index contributed by atoms with van der Waals surface area (Å²) in [7, 11) is 0. The molecule has 1 fully saturated rings. The highest BCUT2D eigenvalue weighted by molar-refractivity contribution is 7.10. The third-order valence-electron chi connectivity index (χ3n) is 4.02. The van der Waals surface area contributed by atoms with Gasteiger partial charge in [0.15, 0.2) is 0 Å². The van der Waals surface area contributed by atoms with Gasteiger partial charge in [-0.1, -0.05) is 24.6 Å². The monoisotopic (exact) mass is 306 g/mol. The molecule has 1 aliphatic rings. The van der Waals surface area contributed by atoms with E-state index in [-0.39, 0.29) is 11.3 Å². The summed E-state index contributed by atoms with van der Waals surface area (Å²) in [6, 6.07) is 5.89. The van der Waals surface area contributed by atoms with Gasteiger partial charge in [0, 0.05) is 29.2 Å². The van der Waals surface area contributed by atoms with Gasteiger partial charge in [-0.15, -0.1) is 11.3 Å². The predicted molar refractivity (Wildman–Crippen MR) is 81.4 cm³/mol. The van der Waals surface area contributed by atoms with Crippen molar-refractivity contribution in [1.29, 1.82) is 0 Å². The Morgan fingerprint density at radius 3 is 3.15 bits per heavy atom. The van der Waals surface area contributed by atoms with Crippen molar-refractivity contribution in [2.24, 2.45) is 5.92 Å². The summed E-state index contributed by atoms with van der Waals surface area (Å²) < 4.78 is 0. The number of nitrogens with zero attached hydrogens (tertiary/aromatic N) is 1. The number of pyridine rings is 1. The fraction of sp³-hybridized carbons (Fsp3) is 0.333. The molecule has 0 aromatic carbocycles. The molecule has 2 aromatic rings. The Kier molecular flexibility index (Phi) is 3.52. The summed E-state index contributed by atoms with van der Waals surface area (Å²) in [4.78, 5) is 17.4. The van der Waals surface area contributed by atoms with Gasteiger partial charge >= 0.3 is 0 Å². The van der Waals surface area contributed by atoms with Gasteiger partial charge in [-0.2, -0.15) is 0 Å². The van der Waals surface area contributed by atoms with Gasteiger partial charge < -0.3 is 5.32 Å². The van der Waals surface area contributed by atoms with E-state index in [1.807, 2.05) is 0 Å². The largest absolute Gasteiger partial charge is 0.352 e. The van der Waals surface area contributed by atoms with E-state index in [4.69, 9.17) is 11.6 Å². The second-order valence-electron chi connectivity index (χ2n) is 5.36. The summed E-state index contributed by atoms with van der Waals surface area (Å²) >= 11 is 7.75. The second-order valence-corrected chi connectivity index (χ2v) is 6.72. The number of thiophene rings is 1. The summed E-state index contributed by atoms with van der Waals surface area (Å²) in [5, 5.41) is 5.47. The maximum Gasteiger partial charge on any atom is 0.252 e. The molecule has 3 rings (SSSR count). The Morgan fingerprint density at radius 1 is 1.60 bits per heavy atom. The SMILES string of the molecule is C[C@@]1(c2cccs2)C[C@@H]1CNC(=O)c1ccncc1Cl. The lowest BCUT2D eigenvalue weighted by Crippen LogP contribution is -2.27. The maximum atomic E-state index is 12.1. The Labute approximate surface area is 127 Å². The van der Waals surface area contributed by atoms with Crippen LogP contribution in [0.1, 0.15) is 28.6 Å². The van der Waals surface area contributed by atoms with E-state index in [0.717, 1.165) is 6.42 Å². The second kappa shape index (κ2) is 5.19. The lowest BCUT2D eigenvalue weighted by atomic mass is 10.0. The van der Waals surface area contributed by atoms with Crippen LogP contribution in [0.3, 0.4) is 0 Å². The molecule has 0 radical (unpaired) electrons. The van der Waals surface area contributed by atoms with Crippen molar-refractivity contribution in [3.63, 3.8) is 0 Å². The number of amides is 1. The molecule has 104 valence electrons. The normalized spacial score (nSPS) is 24.4. The van der Waals surface area contributed by atoms with E-state index in [1.165, 1.54) is 11.1 Å². The average Bonchev–Trinajstić information content (AvgIpc) is 2.89. The molecule has 5 heteroatoms. The Balaban J connectivity index is 1.59. The van der Waals surface area contributed by atoms with Crippen LogP contribution in [0.25, 0.3) is 0 Å². The molecule has 0 unspecified atom stereocenters. The van der Waals surface area contributed by atoms with Gasteiger partial charge in [0.2, 0.25) is 0 Å². The molecule has 1 amide bonds. The third kappa shape index (κ3) is 2.45. The zero-order valence-electron chi connectivity index (χ0n) is 11.1. The molecule has 1 N–H and O–H groups in total. The fourth-order valence-corrected chi connectivity index (χ4v) is 3.71. The van der Waals surface area contributed by atoms with Crippen LogP contribution in [0, 0.1) is 5.92 Å². The molecule has 1 saturated carbocycles. The predicted octanol–water partition coefficient (Wildman–Crippen LogP) is 3.50. The Hall–Kier alpha value is -1.39. The van der Waals surface area contributed by atoms with Gasteiger partial charge in [-0.25, -0.2) is 0 Å². The zero-order valence-corrected chi connectivity index (χ0v) is 12.7. The van der Waals surface area contributed by atoms with Crippen LogP contribution < -0.4 is 5.32 Å². The molecule has 2 aromatic heterocycles. The van der Waals surface area contributed by atoms with Crippen LogP contribution >= 0.6 is 22.9 Å². The first-order chi connectivity index (χ1) is 9.61. The van der Waals surface area contributed by atoms with Gasteiger partial charge in [0.1, 0.15) is 0 Å². The van der Waals surface area contributed by atoms with Crippen LogP contribution in [-0.4, -0.2) is 17.4 Å². The number of carbonyl (C=O) groups excluding carboxylic acids is 1. The fourth-order valence-electron chi connectivity index (χ4n) is 2.53. The lowest BCUT2D eigenvalue weighted by molar-refractivity contribution is 0.0951. The van der Waals surface area contributed by atoms with Crippen molar-refractivity contribution in [3.05, 3.63) is 51.4 Å². The van der Waals surface area contributed by atoms with E-state index < -0.39 is 0 Å². The molecule has 2 heterocycles. The molecule has 0 bridgehead atoms. The topological polar surface area (TPSA) is 42.0 Å². The minimum Gasteiger partial charge on any atom is -0.352 e. The van der Waals surface area contributed by atoms with E-state index in [2.05, 4.69) is 34.7 Å². The standard InChI is InChI=1S/C15H15ClN2OS/c1-15(13-3-2-6-20-13)7-10(15)8-18-14(19)11-4-5-17-9-12(11)16/h2-6,9-10H,7-8H2,1H3,(H,18,19)/t10-,15-/m1/s1. The van der Waals surface area contributed by atoms with Crippen molar-refractivity contribution >= 4 is 28.8 Å². The van der Waals surface area contributed by atoms with Crippen molar-refractivity contribution < 1.29 is 4.79 Å². The third-order valence-corrected chi connectivity index (χ3v) is 5.47. The van der Waals surface area contributed by atoms with Crippen LogP contribution in [0.4, 0.5) is 0 Å². The van der Waals surface area contributed by atoms with E-state index in [0.29, 0.717) is 23.0 Å². The molecule has 3 nitrogen and oxygen atoms in total. The number of halogens is 1. The Bertz CT molecular complexity index is 629. The van der Waals surface area contributed by atoms with Crippen LogP contribution in [0.2, 0.25) is 5.02 Å². The van der Waals surface area contributed by atoms with Gasteiger partial charge in [0.25, 0.3) is 5.91 Å². The molecule has 0 spiro atoms. The van der Waals surface area contributed by atoms with Crippen molar-refractivity contribution in [2.75, 3.05) is 6.54 Å². The van der Waals surface area contributed by atoms with Crippen molar-refractivity contribution in [3.8, 4) is 0 Å². The average molecular weight is 307 g/mol.